The van der Waals surface area contributed by atoms with Crippen molar-refractivity contribution in [3.05, 3.63) is 30.3 Å². The maximum atomic E-state index is 9.00. The van der Waals surface area contributed by atoms with Gasteiger partial charge in [-0.3, -0.25) is 4.79 Å². The highest BCUT2D eigenvalue weighted by Crippen LogP contribution is 2.04. The molecule has 1 aromatic rings. The summed E-state index contributed by atoms with van der Waals surface area (Å²) in [7, 11) is 0. The monoisotopic (exact) mass is 169 g/mol. The number of benzene rings is 1. The van der Waals surface area contributed by atoms with Crippen LogP contribution in [0.25, 0.3) is 0 Å². The average Bonchev–Trinajstić information content (AvgIpc) is 2.05. The van der Waals surface area contributed by atoms with E-state index in [1.165, 1.54) is 0 Å². The summed E-state index contributed by atoms with van der Waals surface area (Å²) >= 11 is 0. The highest BCUT2D eigenvalue weighted by Gasteiger charge is 1.81. The van der Waals surface area contributed by atoms with Gasteiger partial charge in [-0.25, -0.2) is 0 Å². The van der Waals surface area contributed by atoms with E-state index in [1.54, 1.807) is 12.1 Å². The van der Waals surface area contributed by atoms with Crippen molar-refractivity contribution in [2.75, 3.05) is 0 Å². The summed E-state index contributed by atoms with van der Waals surface area (Å²) in [4.78, 5) is 13.4. The number of carboxylic acid groups (broad SMARTS) is 1. The molecule has 0 aliphatic carbocycles. The lowest BCUT2D eigenvalue weighted by atomic mass is 10.3. The van der Waals surface area contributed by atoms with Gasteiger partial charge in [0.25, 0.3) is 5.97 Å². The third kappa shape index (κ3) is 6.57. The minimum absolute atomic E-state index is 0.688. The van der Waals surface area contributed by atoms with Gasteiger partial charge in [0.15, 0.2) is 0 Å². The topological polar surface area (TPSA) is 72.5 Å². The molecule has 0 aromatic heterocycles. The molecule has 0 fully saturated rings. The number of hydrogen-bond acceptors (Lipinski definition) is 3. The molecule has 0 heterocycles. The summed E-state index contributed by atoms with van der Waals surface area (Å²) < 4.78 is 0. The van der Waals surface area contributed by atoms with E-state index in [4.69, 9.17) is 15.8 Å². The molecule has 0 spiro atoms. The van der Waals surface area contributed by atoms with Gasteiger partial charge in [0, 0.05) is 6.92 Å². The normalized spacial score (nSPS) is 7.83. The van der Waals surface area contributed by atoms with Crippen molar-refractivity contribution in [2.24, 2.45) is 5.90 Å². The lowest BCUT2D eigenvalue weighted by Crippen LogP contribution is -2.00. The van der Waals surface area contributed by atoms with Crippen LogP contribution in [0.2, 0.25) is 0 Å². The van der Waals surface area contributed by atoms with Crippen molar-refractivity contribution in [1.29, 1.82) is 0 Å². The fraction of sp³-hybridized carbons (Fsp3) is 0.125. The van der Waals surface area contributed by atoms with Crippen molar-refractivity contribution in [2.45, 2.75) is 6.92 Å². The van der Waals surface area contributed by atoms with Gasteiger partial charge in [0.05, 0.1) is 0 Å². The zero-order valence-corrected chi connectivity index (χ0v) is 6.73. The molecule has 3 N–H and O–H groups in total. The summed E-state index contributed by atoms with van der Waals surface area (Å²) in [5.41, 5.74) is 0. The number of para-hydroxylation sites is 1. The van der Waals surface area contributed by atoms with E-state index >= 15 is 0 Å². The Balaban J connectivity index is 0.000000261. The van der Waals surface area contributed by atoms with E-state index in [1.807, 2.05) is 18.2 Å². The molecule has 0 aliphatic heterocycles. The summed E-state index contributed by atoms with van der Waals surface area (Å²) in [6.07, 6.45) is 0. The standard InChI is InChI=1S/C6H7NO.C2H4O2/c7-8-6-4-2-1-3-5-6;1-2(3)4/h1-5H,7H2;1H3,(H,3,4). The van der Waals surface area contributed by atoms with Crippen molar-refractivity contribution >= 4 is 5.97 Å². The molecule has 0 amide bonds. The second-order valence-electron chi connectivity index (χ2n) is 1.95. The summed E-state index contributed by atoms with van der Waals surface area (Å²) in [6.45, 7) is 1.08. The smallest absolute Gasteiger partial charge is 0.300 e. The number of rotatable bonds is 1. The molecule has 1 aromatic carbocycles. The molecule has 0 unspecified atom stereocenters. The average molecular weight is 169 g/mol. The molecule has 0 saturated heterocycles. The SMILES string of the molecule is CC(=O)O.NOc1ccccc1. The lowest BCUT2D eigenvalue weighted by molar-refractivity contribution is -0.134. The first-order valence-electron chi connectivity index (χ1n) is 3.28. The predicted octanol–water partition coefficient (Wildman–Crippen LogP) is 1.03. The van der Waals surface area contributed by atoms with Crippen LogP contribution in [0.15, 0.2) is 30.3 Å². The predicted molar refractivity (Wildman–Crippen MR) is 44.6 cm³/mol. The molecule has 0 aliphatic rings. The number of carbonyl (C=O) groups is 1. The van der Waals surface area contributed by atoms with Gasteiger partial charge in [-0.05, 0) is 12.1 Å². The highest BCUT2D eigenvalue weighted by molar-refractivity contribution is 5.62. The molecule has 0 bridgehead atoms. The Hall–Kier alpha value is -1.55. The zero-order valence-electron chi connectivity index (χ0n) is 6.73. The molecular formula is C8H11NO3. The van der Waals surface area contributed by atoms with Crippen LogP contribution in [-0.4, -0.2) is 11.1 Å². The van der Waals surface area contributed by atoms with Crippen LogP contribution in [0, 0.1) is 0 Å². The Bertz CT molecular complexity index is 219. The molecule has 4 nitrogen and oxygen atoms in total. The Labute approximate surface area is 70.5 Å². The number of carboxylic acids is 1. The Morgan fingerprint density at radius 1 is 1.42 bits per heavy atom. The minimum atomic E-state index is -0.833. The molecule has 0 atom stereocenters. The van der Waals surface area contributed by atoms with Crippen molar-refractivity contribution in [1.82, 2.24) is 0 Å². The van der Waals surface area contributed by atoms with Gasteiger partial charge < -0.3 is 9.94 Å². The van der Waals surface area contributed by atoms with Crippen LogP contribution in [0.4, 0.5) is 0 Å². The van der Waals surface area contributed by atoms with Crippen LogP contribution in [0.3, 0.4) is 0 Å². The third-order valence-corrected chi connectivity index (χ3v) is 0.879. The Kier molecular flexibility index (Phi) is 5.38. The molecule has 1 rings (SSSR count). The van der Waals surface area contributed by atoms with E-state index in [9.17, 15) is 0 Å². The zero-order chi connectivity index (χ0) is 9.40. The fourth-order valence-corrected chi connectivity index (χ4v) is 0.499. The van der Waals surface area contributed by atoms with Gasteiger partial charge in [-0.1, -0.05) is 18.2 Å². The number of hydrogen-bond donors (Lipinski definition) is 2. The maximum Gasteiger partial charge on any atom is 0.300 e. The van der Waals surface area contributed by atoms with Crippen LogP contribution in [-0.2, 0) is 4.79 Å². The first-order chi connectivity index (χ1) is 5.66. The number of aliphatic carboxylic acids is 1. The molecule has 66 valence electrons. The molecule has 4 heteroatoms. The summed E-state index contributed by atoms with van der Waals surface area (Å²) in [6, 6.07) is 9.22. The highest BCUT2D eigenvalue weighted by atomic mass is 16.6. The Morgan fingerprint density at radius 3 is 2.08 bits per heavy atom. The van der Waals surface area contributed by atoms with Gasteiger partial charge in [-0.2, -0.15) is 5.90 Å². The molecular weight excluding hydrogens is 158 g/mol. The largest absolute Gasteiger partial charge is 0.481 e. The van der Waals surface area contributed by atoms with Gasteiger partial charge >= 0.3 is 0 Å². The van der Waals surface area contributed by atoms with Gasteiger partial charge in [0.1, 0.15) is 5.75 Å². The van der Waals surface area contributed by atoms with Crippen LogP contribution in [0.5, 0.6) is 5.75 Å². The van der Waals surface area contributed by atoms with Crippen LogP contribution >= 0.6 is 0 Å². The fourth-order valence-electron chi connectivity index (χ4n) is 0.499. The lowest BCUT2D eigenvalue weighted by Gasteiger charge is -1.92. The first kappa shape index (κ1) is 10.4. The summed E-state index contributed by atoms with van der Waals surface area (Å²) in [5.74, 6) is 4.70. The second-order valence-corrected chi connectivity index (χ2v) is 1.95. The maximum absolute atomic E-state index is 9.00. The second kappa shape index (κ2) is 6.18. The van der Waals surface area contributed by atoms with E-state index < -0.39 is 5.97 Å². The van der Waals surface area contributed by atoms with Crippen molar-refractivity contribution in [3.63, 3.8) is 0 Å². The third-order valence-electron chi connectivity index (χ3n) is 0.879. The minimum Gasteiger partial charge on any atom is -0.481 e. The van der Waals surface area contributed by atoms with E-state index in [-0.39, 0.29) is 0 Å². The number of nitrogens with two attached hydrogens (primary N) is 1. The van der Waals surface area contributed by atoms with Crippen LogP contribution < -0.4 is 10.7 Å². The van der Waals surface area contributed by atoms with Crippen molar-refractivity contribution in [3.8, 4) is 5.75 Å². The molecule has 12 heavy (non-hydrogen) atoms. The molecule has 0 radical (unpaired) electrons. The van der Waals surface area contributed by atoms with E-state index in [0.717, 1.165) is 6.92 Å². The van der Waals surface area contributed by atoms with E-state index in [0.29, 0.717) is 5.75 Å². The quantitative estimate of drug-likeness (QED) is 0.616. The van der Waals surface area contributed by atoms with E-state index in [2.05, 4.69) is 4.84 Å². The van der Waals surface area contributed by atoms with Gasteiger partial charge in [-0.15, -0.1) is 0 Å². The summed E-state index contributed by atoms with van der Waals surface area (Å²) in [5, 5.41) is 7.42. The van der Waals surface area contributed by atoms with Crippen LogP contribution in [0.1, 0.15) is 6.92 Å². The Morgan fingerprint density at radius 2 is 1.83 bits per heavy atom. The van der Waals surface area contributed by atoms with Crippen molar-refractivity contribution < 1.29 is 14.7 Å². The first-order valence-corrected chi connectivity index (χ1v) is 3.28. The van der Waals surface area contributed by atoms with Gasteiger partial charge in [0.2, 0.25) is 0 Å². The molecule has 0 saturated carbocycles.